The van der Waals surface area contributed by atoms with Crippen LogP contribution < -0.4 is 5.32 Å². The molecule has 1 aliphatic carbocycles. The van der Waals surface area contributed by atoms with Crippen molar-refractivity contribution in [2.75, 3.05) is 6.54 Å². The van der Waals surface area contributed by atoms with E-state index < -0.39 is 0 Å². The van der Waals surface area contributed by atoms with Crippen molar-refractivity contribution >= 4 is 23.2 Å². The largest absolute Gasteiger partial charge is 0.313 e. The second-order valence-corrected chi connectivity index (χ2v) is 6.72. The molecule has 0 unspecified atom stereocenters. The maximum atomic E-state index is 11.9. The first-order valence-corrected chi connectivity index (χ1v) is 8.35. The van der Waals surface area contributed by atoms with E-state index in [2.05, 4.69) is 5.32 Å². The molecular formula is C18H24ClNO2. The van der Waals surface area contributed by atoms with Crippen LogP contribution in [-0.4, -0.2) is 24.2 Å². The molecule has 120 valence electrons. The lowest BCUT2D eigenvalue weighted by molar-refractivity contribution is -0.121. The maximum Gasteiger partial charge on any atom is 0.138 e. The summed E-state index contributed by atoms with van der Waals surface area (Å²) in [6, 6.07) is 7.89. The average Bonchev–Trinajstić information content (AvgIpc) is 2.49. The van der Waals surface area contributed by atoms with Crippen molar-refractivity contribution in [1.82, 2.24) is 5.32 Å². The Balaban J connectivity index is 1.89. The third kappa shape index (κ3) is 4.65. The van der Waals surface area contributed by atoms with Crippen LogP contribution in [0.2, 0.25) is 5.02 Å². The van der Waals surface area contributed by atoms with Gasteiger partial charge in [0.1, 0.15) is 11.6 Å². The normalized spacial score (nSPS) is 23.0. The molecule has 0 amide bonds. The fraction of sp³-hybridized carbons (Fsp3) is 0.556. The quantitative estimate of drug-likeness (QED) is 0.868. The fourth-order valence-electron chi connectivity index (χ4n) is 3.18. The topological polar surface area (TPSA) is 46.2 Å². The first-order valence-electron chi connectivity index (χ1n) is 7.97. The van der Waals surface area contributed by atoms with E-state index in [-0.39, 0.29) is 17.6 Å². The number of ketones is 2. The van der Waals surface area contributed by atoms with Crippen molar-refractivity contribution in [2.45, 2.75) is 51.5 Å². The minimum absolute atomic E-state index is 0.136. The summed E-state index contributed by atoms with van der Waals surface area (Å²) in [5.41, 5.74) is 1.00. The Labute approximate surface area is 137 Å². The fourth-order valence-corrected chi connectivity index (χ4v) is 3.31. The molecule has 0 aliphatic heterocycles. The molecule has 22 heavy (non-hydrogen) atoms. The molecule has 1 saturated carbocycles. The molecule has 0 aromatic heterocycles. The summed E-state index contributed by atoms with van der Waals surface area (Å²) >= 11 is 5.91. The molecule has 1 aromatic carbocycles. The zero-order valence-corrected chi connectivity index (χ0v) is 14.0. The van der Waals surface area contributed by atoms with Crippen LogP contribution in [0.15, 0.2) is 24.3 Å². The van der Waals surface area contributed by atoms with E-state index in [1.165, 1.54) is 0 Å². The highest BCUT2D eigenvalue weighted by Gasteiger charge is 2.25. The molecule has 3 nitrogen and oxygen atoms in total. The van der Waals surface area contributed by atoms with Gasteiger partial charge in [-0.15, -0.1) is 0 Å². The van der Waals surface area contributed by atoms with E-state index in [1.54, 1.807) is 13.8 Å². The number of hydrogen-bond acceptors (Lipinski definition) is 3. The summed E-state index contributed by atoms with van der Waals surface area (Å²) in [6.07, 6.45) is 3.93. The summed E-state index contributed by atoms with van der Waals surface area (Å²) in [7, 11) is 0. The molecule has 4 heteroatoms. The Hall–Kier alpha value is -1.19. The predicted octanol–water partition coefficient (Wildman–Crippen LogP) is 3.75. The Morgan fingerprint density at radius 2 is 1.73 bits per heavy atom. The number of halogens is 1. The van der Waals surface area contributed by atoms with Gasteiger partial charge in [-0.25, -0.2) is 0 Å². The monoisotopic (exact) mass is 321 g/mol. The standard InChI is InChI=1S/C18H24ClNO2/c1-12(21)14-5-9-17(10-6-14)20-11-18(13(2)22)15-3-7-16(19)8-4-15/h3-4,7-8,14,17-18,20H,5-6,9-11H2,1-2H3/t14?,17?,18-/m0/s1. The zero-order chi connectivity index (χ0) is 16.1. The molecule has 0 saturated heterocycles. The molecule has 1 aliphatic rings. The predicted molar refractivity (Wildman–Crippen MR) is 89.3 cm³/mol. The molecule has 2 rings (SSSR count). The van der Waals surface area contributed by atoms with Gasteiger partial charge in [0.05, 0.1) is 5.92 Å². The van der Waals surface area contributed by atoms with E-state index in [4.69, 9.17) is 11.6 Å². The van der Waals surface area contributed by atoms with Crippen LogP contribution in [0.3, 0.4) is 0 Å². The summed E-state index contributed by atoms with van der Waals surface area (Å²) < 4.78 is 0. The van der Waals surface area contributed by atoms with Crippen molar-refractivity contribution in [2.24, 2.45) is 5.92 Å². The smallest absolute Gasteiger partial charge is 0.138 e. The molecule has 0 radical (unpaired) electrons. The van der Waals surface area contributed by atoms with E-state index >= 15 is 0 Å². The Morgan fingerprint density at radius 3 is 2.23 bits per heavy atom. The van der Waals surface area contributed by atoms with Crippen molar-refractivity contribution in [3.63, 3.8) is 0 Å². The first-order chi connectivity index (χ1) is 10.5. The lowest BCUT2D eigenvalue weighted by Crippen LogP contribution is -2.38. The van der Waals surface area contributed by atoms with Gasteiger partial charge in [0.25, 0.3) is 0 Å². The van der Waals surface area contributed by atoms with Gasteiger partial charge in [-0.2, -0.15) is 0 Å². The minimum Gasteiger partial charge on any atom is -0.313 e. The van der Waals surface area contributed by atoms with Gasteiger partial charge in [0.2, 0.25) is 0 Å². The number of hydrogen-bond donors (Lipinski definition) is 1. The number of nitrogens with one attached hydrogen (secondary N) is 1. The molecule has 0 spiro atoms. The van der Waals surface area contributed by atoms with Crippen LogP contribution in [0.25, 0.3) is 0 Å². The number of carbonyl (C=O) groups excluding carboxylic acids is 2. The summed E-state index contributed by atoms with van der Waals surface area (Å²) in [4.78, 5) is 23.3. The highest BCUT2D eigenvalue weighted by molar-refractivity contribution is 6.30. The Kier molecular flexibility index (Phi) is 6.16. The molecule has 1 aromatic rings. The number of Topliss-reactive ketones (excluding diaryl/α,β-unsaturated/α-hetero) is 2. The van der Waals surface area contributed by atoms with Crippen LogP contribution in [0.1, 0.15) is 51.0 Å². The van der Waals surface area contributed by atoms with Crippen LogP contribution in [0.4, 0.5) is 0 Å². The lowest BCUT2D eigenvalue weighted by atomic mass is 9.83. The highest BCUT2D eigenvalue weighted by Crippen LogP contribution is 2.26. The summed E-state index contributed by atoms with van der Waals surface area (Å²) in [5, 5.41) is 4.19. The molecule has 1 atom stereocenters. The van der Waals surface area contributed by atoms with Crippen LogP contribution in [-0.2, 0) is 9.59 Å². The summed E-state index contributed by atoms with van der Waals surface area (Å²) in [6.45, 7) is 3.96. The van der Waals surface area contributed by atoms with Crippen LogP contribution >= 0.6 is 11.6 Å². The number of benzene rings is 1. The third-order valence-corrected chi connectivity index (χ3v) is 4.93. The van der Waals surface area contributed by atoms with Crippen molar-refractivity contribution < 1.29 is 9.59 Å². The van der Waals surface area contributed by atoms with Crippen molar-refractivity contribution in [3.8, 4) is 0 Å². The molecule has 0 bridgehead atoms. The van der Waals surface area contributed by atoms with E-state index in [1.807, 2.05) is 24.3 Å². The minimum atomic E-state index is -0.136. The van der Waals surface area contributed by atoms with Gasteiger partial charge >= 0.3 is 0 Å². The maximum absolute atomic E-state index is 11.9. The van der Waals surface area contributed by atoms with E-state index in [0.29, 0.717) is 23.4 Å². The number of rotatable bonds is 6. The Bertz CT molecular complexity index is 518. The highest BCUT2D eigenvalue weighted by atomic mass is 35.5. The van der Waals surface area contributed by atoms with E-state index in [0.717, 1.165) is 31.2 Å². The van der Waals surface area contributed by atoms with Gasteiger partial charge in [0.15, 0.2) is 0 Å². The lowest BCUT2D eigenvalue weighted by Gasteiger charge is -2.29. The molecule has 1 fully saturated rings. The van der Waals surface area contributed by atoms with Crippen molar-refractivity contribution in [1.29, 1.82) is 0 Å². The van der Waals surface area contributed by atoms with Gasteiger partial charge in [0, 0.05) is 23.5 Å². The van der Waals surface area contributed by atoms with Gasteiger partial charge in [-0.1, -0.05) is 23.7 Å². The van der Waals surface area contributed by atoms with Crippen LogP contribution in [0.5, 0.6) is 0 Å². The second kappa shape index (κ2) is 7.89. The Morgan fingerprint density at radius 1 is 1.14 bits per heavy atom. The SMILES string of the molecule is CC(=O)C1CCC(NC[C@@H](C(C)=O)c2ccc(Cl)cc2)CC1. The molecule has 0 heterocycles. The van der Waals surface area contributed by atoms with Gasteiger partial charge < -0.3 is 5.32 Å². The van der Waals surface area contributed by atoms with Crippen molar-refractivity contribution in [3.05, 3.63) is 34.9 Å². The molecule has 1 N–H and O–H groups in total. The van der Waals surface area contributed by atoms with Gasteiger partial charge in [-0.3, -0.25) is 9.59 Å². The zero-order valence-electron chi connectivity index (χ0n) is 13.3. The molecular weight excluding hydrogens is 298 g/mol. The van der Waals surface area contributed by atoms with Crippen LogP contribution in [0, 0.1) is 5.92 Å². The van der Waals surface area contributed by atoms with E-state index in [9.17, 15) is 9.59 Å². The van der Waals surface area contributed by atoms with Gasteiger partial charge in [-0.05, 0) is 57.2 Å². The number of carbonyl (C=O) groups is 2. The third-order valence-electron chi connectivity index (χ3n) is 4.68. The first kappa shape index (κ1) is 17.2. The summed E-state index contributed by atoms with van der Waals surface area (Å²) in [5.74, 6) is 0.564. The second-order valence-electron chi connectivity index (χ2n) is 6.28. The average molecular weight is 322 g/mol.